The number of aromatic nitrogens is 1. The summed E-state index contributed by atoms with van der Waals surface area (Å²) in [5.74, 6) is -0.500. The van der Waals surface area contributed by atoms with Crippen molar-refractivity contribution in [3.63, 3.8) is 0 Å². The molecule has 98 valence electrons. The fourth-order valence-electron chi connectivity index (χ4n) is 2.14. The van der Waals surface area contributed by atoms with Gasteiger partial charge in [-0.2, -0.15) is 0 Å². The van der Waals surface area contributed by atoms with Crippen LogP contribution in [0.5, 0.6) is 0 Å². The third-order valence-electron chi connectivity index (χ3n) is 3.08. The lowest BCUT2D eigenvalue weighted by atomic mass is 9.98. The average Bonchev–Trinajstić information content (AvgIpc) is 2.83. The summed E-state index contributed by atoms with van der Waals surface area (Å²) in [4.78, 5) is 25.2. The first-order chi connectivity index (χ1) is 8.61. The molecule has 0 aliphatic carbocycles. The van der Waals surface area contributed by atoms with Crippen LogP contribution < -0.4 is 0 Å². The van der Waals surface area contributed by atoms with E-state index in [0.717, 1.165) is 12.8 Å². The number of likely N-dealkylation sites (tertiary alicyclic amines) is 1. The number of aryl methyl sites for hydroxylation is 1. The van der Waals surface area contributed by atoms with E-state index in [4.69, 9.17) is 9.26 Å². The van der Waals surface area contributed by atoms with Gasteiger partial charge in [-0.25, -0.2) is 0 Å². The van der Waals surface area contributed by atoms with Crippen LogP contribution in [0.25, 0.3) is 0 Å². The van der Waals surface area contributed by atoms with Gasteiger partial charge in [-0.05, 0) is 19.8 Å². The van der Waals surface area contributed by atoms with E-state index in [1.165, 1.54) is 7.11 Å². The lowest BCUT2D eigenvalue weighted by Crippen LogP contribution is -2.42. The Hall–Kier alpha value is -1.85. The average molecular weight is 252 g/mol. The van der Waals surface area contributed by atoms with Gasteiger partial charge in [-0.15, -0.1) is 0 Å². The Balaban J connectivity index is 2.05. The molecule has 6 heteroatoms. The van der Waals surface area contributed by atoms with Crippen LogP contribution in [0.2, 0.25) is 0 Å². The molecule has 1 unspecified atom stereocenters. The molecule has 0 aromatic carbocycles. The molecular formula is C12H16N2O4. The monoisotopic (exact) mass is 252 g/mol. The van der Waals surface area contributed by atoms with Gasteiger partial charge < -0.3 is 14.2 Å². The Morgan fingerprint density at radius 3 is 2.94 bits per heavy atom. The fraction of sp³-hybridized carbons (Fsp3) is 0.583. The predicted molar refractivity (Wildman–Crippen MR) is 61.9 cm³/mol. The summed E-state index contributed by atoms with van der Waals surface area (Å²) in [7, 11) is 1.36. The number of esters is 1. The lowest BCUT2D eigenvalue weighted by Gasteiger charge is -2.30. The van der Waals surface area contributed by atoms with Gasteiger partial charge in [0.15, 0.2) is 0 Å². The molecule has 1 aliphatic rings. The van der Waals surface area contributed by atoms with Crippen LogP contribution in [0.3, 0.4) is 0 Å². The number of rotatable bonds is 2. The minimum Gasteiger partial charge on any atom is -0.469 e. The quantitative estimate of drug-likeness (QED) is 0.734. The first-order valence-electron chi connectivity index (χ1n) is 5.92. The van der Waals surface area contributed by atoms with Crippen LogP contribution in [0, 0.1) is 12.8 Å². The first kappa shape index (κ1) is 12.6. The van der Waals surface area contributed by atoms with Crippen molar-refractivity contribution in [2.75, 3.05) is 20.2 Å². The number of carbonyl (C=O) groups excluding carboxylic acids is 2. The van der Waals surface area contributed by atoms with Crippen molar-refractivity contribution in [1.29, 1.82) is 0 Å². The number of ether oxygens (including phenoxy) is 1. The molecule has 0 radical (unpaired) electrons. The van der Waals surface area contributed by atoms with E-state index in [1.54, 1.807) is 17.9 Å². The summed E-state index contributed by atoms with van der Waals surface area (Å²) >= 11 is 0. The maximum absolute atomic E-state index is 12.1. The second-order valence-corrected chi connectivity index (χ2v) is 4.45. The smallest absolute Gasteiger partial charge is 0.310 e. The molecule has 2 heterocycles. The van der Waals surface area contributed by atoms with Crippen LogP contribution in [0.15, 0.2) is 10.6 Å². The zero-order valence-electron chi connectivity index (χ0n) is 10.5. The van der Waals surface area contributed by atoms with Crippen molar-refractivity contribution in [2.45, 2.75) is 19.8 Å². The van der Waals surface area contributed by atoms with E-state index < -0.39 is 0 Å². The van der Waals surface area contributed by atoms with Gasteiger partial charge >= 0.3 is 5.97 Å². The number of methoxy groups -OCH3 is 1. The van der Waals surface area contributed by atoms with E-state index in [-0.39, 0.29) is 23.6 Å². The van der Waals surface area contributed by atoms with Crippen molar-refractivity contribution < 1.29 is 18.8 Å². The molecule has 0 saturated carbocycles. The van der Waals surface area contributed by atoms with E-state index in [1.807, 2.05) is 0 Å². The first-order valence-corrected chi connectivity index (χ1v) is 5.92. The molecule has 0 N–H and O–H groups in total. The van der Waals surface area contributed by atoms with Crippen LogP contribution in [0.1, 0.15) is 29.1 Å². The van der Waals surface area contributed by atoms with Crippen molar-refractivity contribution in [3.8, 4) is 0 Å². The number of carbonyl (C=O) groups is 2. The lowest BCUT2D eigenvalue weighted by molar-refractivity contribution is -0.146. The summed E-state index contributed by atoms with van der Waals surface area (Å²) in [6.45, 7) is 2.77. The van der Waals surface area contributed by atoms with Crippen molar-refractivity contribution >= 4 is 11.9 Å². The van der Waals surface area contributed by atoms with Gasteiger partial charge in [0.25, 0.3) is 5.91 Å². The van der Waals surface area contributed by atoms with Gasteiger partial charge in [0.2, 0.25) is 5.76 Å². The van der Waals surface area contributed by atoms with Crippen molar-refractivity contribution in [2.24, 2.45) is 5.92 Å². The third-order valence-corrected chi connectivity index (χ3v) is 3.08. The van der Waals surface area contributed by atoms with Gasteiger partial charge in [-0.3, -0.25) is 9.59 Å². The Kier molecular flexibility index (Phi) is 3.64. The maximum Gasteiger partial charge on any atom is 0.310 e. The molecule has 1 saturated heterocycles. The predicted octanol–water partition coefficient (Wildman–Crippen LogP) is 1.01. The SMILES string of the molecule is COC(=O)C1CCCN(C(=O)c2cc(C)no2)C1. The summed E-state index contributed by atoms with van der Waals surface area (Å²) in [5, 5.41) is 3.69. The summed E-state index contributed by atoms with van der Waals surface area (Å²) < 4.78 is 9.66. The second-order valence-electron chi connectivity index (χ2n) is 4.45. The van der Waals surface area contributed by atoms with E-state index in [9.17, 15) is 9.59 Å². The largest absolute Gasteiger partial charge is 0.469 e. The Morgan fingerprint density at radius 1 is 1.56 bits per heavy atom. The molecule has 1 aromatic heterocycles. The van der Waals surface area contributed by atoms with E-state index in [2.05, 4.69) is 5.16 Å². The number of nitrogens with zero attached hydrogens (tertiary/aromatic N) is 2. The third kappa shape index (κ3) is 2.52. The highest BCUT2D eigenvalue weighted by Crippen LogP contribution is 2.19. The molecule has 0 bridgehead atoms. The molecule has 18 heavy (non-hydrogen) atoms. The molecule has 1 fully saturated rings. The highest BCUT2D eigenvalue weighted by Gasteiger charge is 2.30. The molecule has 1 aliphatic heterocycles. The molecular weight excluding hydrogens is 236 g/mol. The zero-order chi connectivity index (χ0) is 13.1. The normalized spacial score (nSPS) is 19.7. The van der Waals surface area contributed by atoms with Gasteiger partial charge in [0, 0.05) is 19.2 Å². The summed E-state index contributed by atoms with van der Waals surface area (Å²) in [6, 6.07) is 1.60. The number of hydrogen-bond donors (Lipinski definition) is 0. The van der Waals surface area contributed by atoms with Gasteiger partial charge in [-0.1, -0.05) is 5.16 Å². The van der Waals surface area contributed by atoms with Crippen LogP contribution in [0.4, 0.5) is 0 Å². The topological polar surface area (TPSA) is 72.6 Å². The van der Waals surface area contributed by atoms with Crippen LogP contribution in [-0.4, -0.2) is 42.1 Å². The van der Waals surface area contributed by atoms with E-state index >= 15 is 0 Å². The van der Waals surface area contributed by atoms with Gasteiger partial charge in [0.1, 0.15) is 0 Å². The van der Waals surface area contributed by atoms with Gasteiger partial charge in [0.05, 0.1) is 18.7 Å². The molecule has 2 rings (SSSR count). The molecule has 1 amide bonds. The minimum absolute atomic E-state index is 0.218. The Labute approximate surface area is 105 Å². The number of hydrogen-bond acceptors (Lipinski definition) is 5. The highest BCUT2D eigenvalue weighted by atomic mass is 16.5. The maximum atomic E-state index is 12.1. The highest BCUT2D eigenvalue weighted by molar-refractivity contribution is 5.91. The molecule has 6 nitrogen and oxygen atoms in total. The van der Waals surface area contributed by atoms with Crippen LogP contribution in [-0.2, 0) is 9.53 Å². The van der Waals surface area contributed by atoms with Crippen molar-refractivity contribution in [1.82, 2.24) is 10.1 Å². The summed E-state index contributed by atoms with van der Waals surface area (Å²) in [5.41, 5.74) is 0.667. The molecule has 1 aromatic rings. The Bertz CT molecular complexity index is 455. The Morgan fingerprint density at radius 2 is 2.33 bits per heavy atom. The second kappa shape index (κ2) is 5.20. The van der Waals surface area contributed by atoms with E-state index in [0.29, 0.717) is 18.8 Å². The molecule has 0 spiro atoms. The minimum atomic E-state index is -0.263. The van der Waals surface area contributed by atoms with Crippen molar-refractivity contribution in [3.05, 3.63) is 17.5 Å². The summed E-state index contributed by atoms with van der Waals surface area (Å²) in [6.07, 6.45) is 1.55. The number of amides is 1. The van der Waals surface area contributed by atoms with Crippen LogP contribution >= 0.6 is 0 Å². The number of piperidine rings is 1. The fourth-order valence-corrected chi connectivity index (χ4v) is 2.14. The standard InChI is InChI=1S/C12H16N2O4/c1-8-6-10(18-13-8)11(15)14-5-3-4-9(7-14)12(16)17-2/h6,9H,3-5,7H2,1-2H3. The zero-order valence-corrected chi connectivity index (χ0v) is 10.5. The molecule has 1 atom stereocenters.